The van der Waals surface area contributed by atoms with E-state index in [1.54, 1.807) is 25.3 Å². The van der Waals surface area contributed by atoms with Gasteiger partial charge in [-0.15, -0.1) is 0 Å². The maximum absolute atomic E-state index is 12.3. The van der Waals surface area contributed by atoms with Crippen LogP contribution in [0, 0.1) is 0 Å². The van der Waals surface area contributed by atoms with Crippen molar-refractivity contribution in [3.8, 4) is 0 Å². The molecule has 2 aliphatic rings. The van der Waals surface area contributed by atoms with Gasteiger partial charge in [-0.25, -0.2) is 9.80 Å². The zero-order valence-corrected chi connectivity index (χ0v) is 15.3. The molecule has 1 aliphatic heterocycles. The number of fused-ring (bicyclic) bond motifs is 1. The number of rotatable bonds is 3. The van der Waals surface area contributed by atoms with Gasteiger partial charge in [0.1, 0.15) is 0 Å². The fourth-order valence-corrected chi connectivity index (χ4v) is 3.71. The summed E-state index contributed by atoms with van der Waals surface area (Å²) in [7, 11) is 1.28. The third-order valence-corrected chi connectivity index (χ3v) is 5.09. The summed E-state index contributed by atoms with van der Waals surface area (Å²) in [6, 6.07) is 3.53. The molecule has 0 aromatic heterocycles. The summed E-state index contributed by atoms with van der Waals surface area (Å²) in [6.45, 7) is 3.62. The Morgan fingerprint density at radius 1 is 1.40 bits per heavy atom. The Kier molecular flexibility index (Phi) is 4.86. The van der Waals surface area contributed by atoms with E-state index in [1.807, 2.05) is 13.0 Å². The number of benzene rings is 1. The van der Waals surface area contributed by atoms with Crippen LogP contribution in [0.15, 0.2) is 29.0 Å². The predicted molar refractivity (Wildman–Crippen MR) is 99.3 cm³/mol. The molecule has 0 radical (unpaired) electrons. The summed E-state index contributed by atoms with van der Waals surface area (Å²) in [5.74, 6) is -0.430. The first-order valence-corrected chi connectivity index (χ1v) is 8.72. The molecule has 1 aliphatic carbocycles. The lowest BCUT2D eigenvalue weighted by Gasteiger charge is -2.35. The van der Waals surface area contributed by atoms with Crippen LogP contribution in [0.3, 0.4) is 0 Å². The molecule has 0 atom stereocenters. The summed E-state index contributed by atoms with van der Waals surface area (Å²) in [5, 5.41) is 17.2. The highest BCUT2D eigenvalue weighted by molar-refractivity contribution is 6.32. The minimum Gasteiger partial charge on any atom is -0.505 e. The van der Waals surface area contributed by atoms with Crippen LogP contribution in [-0.4, -0.2) is 29.4 Å². The van der Waals surface area contributed by atoms with Crippen molar-refractivity contribution in [1.82, 2.24) is 5.01 Å². The Balaban J connectivity index is 2.34. The number of aliphatic hydroxyl groups excluding tert-OH is 1. The number of aliphatic hydroxyl groups is 1. The quantitative estimate of drug-likeness (QED) is 0.627. The van der Waals surface area contributed by atoms with E-state index < -0.39 is 5.97 Å². The SMILES string of the molecule is C/C=N\N1C(C(=O)OC)=C(O)c2ccc(Cl)c(C3CCC3)c2/C1=C\C. The minimum absolute atomic E-state index is 0.00285. The molecule has 5 nitrogen and oxygen atoms in total. The molecule has 3 rings (SSSR count). The average molecular weight is 361 g/mol. The molecule has 1 saturated carbocycles. The molecule has 25 heavy (non-hydrogen) atoms. The van der Waals surface area contributed by atoms with Crippen molar-refractivity contribution >= 4 is 35.2 Å². The van der Waals surface area contributed by atoms with E-state index in [0.717, 1.165) is 29.7 Å². The Morgan fingerprint density at radius 2 is 2.12 bits per heavy atom. The fraction of sp³-hybridized carbons (Fsp3) is 0.368. The lowest BCUT2D eigenvalue weighted by Crippen LogP contribution is -2.29. The van der Waals surface area contributed by atoms with Gasteiger partial charge in [0.15, 0.2) is 11.5 Å². The predicted octanol–water partition coefficient (Wildman–Crippen LogP) is 4.69. The van der Waals surface area contributed by atoms with Crippen LogP contribution in [0.1, 0.15) is 55.7 Å². The third-order valence-electron chi connectivity index (χ3n) is 4.76. The normalized spacial score (nSPS) is 19.4. The zero-order chi connectivity index (χ0) is 18.1. The van der Waals surface area contributed by atoms with Crippen molar-refractivity contribution in [1.29, 1.82) is 0 Å². The van der Waals surface area contributed by atoms with Gasteiger partial charge in [0.2, 0.25) is 0 Å². The first-order chi connectivity index (χ1) is 12.0. The number of carbonyl (C=O) groups is 1. The first kappa shape index (κ1) is 17.5. The first-order valence-electron chi connectivity index (χ1n) is 8.34. The standard InChI is InChI=1S/C19H21ClN2O3/c1-4-14-16-12(9-10-13(20)15(16)11-7-6-8-11)18(23)17(19(24)25-3)22(14)21-5-2/h4-5,9-11,23H,6-8H2,1-3H3/b14-4+,21-5-. The van der Waals surface area contributed by atoms with Crippen LogP contribution >= 0.6 is 11.6 Å². The largest absolute Gasteiger partial charge is 0.505 e. The number of carbonyl (C=O) groups excluding carboxylic acids is 1. The van der Waals surface area contributed by atoms with E-state index in [0.29, 0.717) is 16.5 Å². The zero-order valence-electron chi connectivity index (χ0n) is 14.5. The number of hydrogen-bond acceptors (Lipinski definition) is 5. The van der Waals surface area contributed by atoms with Crippen LogP contribution in [0.2, 0.25) is 5.02 Å². The second kappa shape index (κ2) is 6.92. The number of hydrazone groups is 1. The Labute approximate surface area is 152 Å². The average Bonchev–Trinajstić information content (AvgIpc) is 2.56. The maximum atomic E-state index is 12.3. The van der Waals surface area contributed by atoms with Crippen molar-refractivity contribution in [3.63, 3.8) is 0 Å². The summed E-state index contributed by atoms with van der Waals surface area (Å²) in [5.41, 5.74) is 3.17. The second-order valence-corrected chi connectivity index (χ2v) is 6.47. The lowest BCUT2D eigenvalue weighted by atomic mass is 9.76. The summed E-state index contributed by atoms with van der Waals surface area (Å²) in [6.07, 6.45) is 6.75. The highest BCUT2D eigenvalue weighted by atomic mass is 35.5. The summed E-state index contributed by atoms with van der Waals surface area (Å²) in [4.78, 5) is 12.3. The molecule has 1 N–H and O–H groups in total. The van der Waals surface area contributed by atoms with Gasteiger partial charge in [0.25, 0.3) is 0 Å². The van der Waals surface area contributed by atoms with Crippen LogP contribution in [0.25, 0.3) is 11.5 Å². The molecular weight excluding hydrogens is 340 g/mol. The number of ether oxygens (including phenoxy) is 1. The molecule has 0 bridgehead atoms. The summed E-state index contributed by atoms with van der Waals surface area (Å²) < 4.78 is 4.85. The van der Waals surface area contributed by atoms with Gasteiger partial charge in [0, 0.05) is 22.4 Å². The molecule has 1 aromatic carbocycles. The fourth-order valence-electron chi connectivity index (χ4n) is 3.40. The van der Waals surface area contributed by atoms with Gasteiger partial charge in [-0.05, 0) is 50.3 Å². The number of allylic oxidation sites excluding steroid dienone is 1. The topological polar surface area (TPSA) is 62.1 Å². The maximum Gasteiger partial charge on any atom is 0.360 e. The number of halogens is 1. The van der Waals surface area contributed by atoms with E-state index in [4.69, 9.17) is 16.3 Å². The van der Waals surface area contributed by atoms with Gasteiger partial charge >= 0.3 is 5.97 Å². The van der Waals surface area contributed by atoms with Gasteiger partial charge in [-0.2, -0.15) is 5.10 Å². The second-order valence-electron chi connectivity index (χ2n) is 6.06. The number of esters is 1. The Morgan fingerprint density at radius 3 is 2.64 bits per heavy atom. The van der Waals surface area contributed by atoms with Gasteiger partial charge in [-0.1, -0.05) is 24.1 Å². The molecule has 0 unspecified atom stereocenters. The van der Waals surface area contributed by atoms with Crippen LogP contribution in [0.4, 0.5) is 0 Å². The highest BCUT2D eigenvalue weighted by Crippen LogP contribution is 2.48. The molecule has 1 aromatic rings. The Hall–Kier alpha value is -2.27. The molecule has 132 valence electrons. The van der Waals surface area contributed by atoms with Crippen molar-refractivity contribution in [3.05, 3.63) is 45.6 Å². The minimum atomic E-state index is -0.645. The van der Waals surface area contributed by atoms with Crippen molar-refractivity contribution in [2.75, 3.05) is 7.11 Å². The molecule has 0 spiro atoms. The van der Waals surface area contributed by atoms with E-state index >= 15 is 0 Å². The monoisotopic (exact) mass is 360 g/mol. The smallest absolute Gasteiger partial charge is 0.360 e. The molecule has 1 heterocycles. The molecule has 6 heteroatoms. The van der Waals surface area contributed by atoms with Crippen molar-refractivity contribution in [2.24, 2.45) is 5.10 Å². The number of hydrogen-bond donors (Lipinski definition) is 1. The van der Waals surface area contributed by atoms with Crippen LogP contribution in [-0.2, 0) is 9.53 Å². The number of nitrogens with zero attached hydrogens (tertiary/aromatic N) is 2. The van der Waals surface area contributed by atoms with Crippen molar-refractivity contribution in [2.45, 2.75) is 39.0 Å². The molecule has 0 saturated heterocycles. The van der Waals surface area contributed by atoms with Crippen molar-refractivity contribution < 1.29 is 14.6 Å². The lowest BCUT2D eigenvalue weighted by molar-refractivity contribution is -0.137. The molecule has 1 fully saturated rings. The highest BCUT2D eigenvalue weighted by Gasteiger charge is 2.37. The molecular formula is C19H21ClN2O3. The van der Waals surface area contributed by atoms with Crippen LogP contribution < -0.4 is 0 Å². The van der Waals surface area contributed by atoms with E-state index in [1.165, 1.54) is 18.5 Å². The van der Waals surface area contributed by atoms with Crippen LogP contribution in [0.5, 0.6) is 0 Å². The van der Waals surface area contributed by atoms with E-state index in [-0.39, 0.29) is 11.5 Å². The third kappa shape index (κ3) is 2.72. The Bertz CT molecular complexity index is 807. The molecule has 0 amide bonds. The van der Waals surface area contributed by atoms with E-state index in [9.17, 15) is 9.90 Å². The number of methoxy groups -OCH3 is 1. The van der Waals surface area contributed by atoms with Gasteiger partial charge in [0.05, 0.1) is 12.8 Å². The van der Waals surface area contributed by atoms with Gasteiger partial charge in [-0.3, -0.25) is 0 Å². The van der Waals surface area contributed by atoms with E-state index in [2.05, 4.69) is 5.10 Å². The summed E-state index contributed by atoms with van der Waals surface area (Å²) >= 11 is 6.52. The van der Waals surface area contributed by atoms with Gasteiger partial charge < -0.3 is 9.84 Å².